The van der Waals surface area contributed by atoms with Crippen LogP contribution in [0.4, 0.5) is 5.69 Å². The number of anilines is 1. The Labute approximate surface area is 182 Å². The minimum Gasteiger partial charge on any atom is -0.507 e. The van der Waals surface area contributed by atoms with E-state index in [2.05, 4.69) is 20.9 Å². The third-order valence-corrected chi connectivity index (χ3v) is 5.67. The Balaban J connectivity index is 1.98. The summed E-state index contributed by atoms with van der Waals surface area (Å²) < 4.78 is 0.779. The zero-order valence-electron chi connectivity index (χ0n) is 16.5. The molecule has 1 atom stereocenters. The number of nitrogens with zero attached hydrogens (tertiary/aromatic N) is 2. The molecule has 0 bridgehead atoms. The molecule has 0 aliphatic carbocycles. The lowest BCUT2D eigenvalue weighted by Gasteiger charge is -2.25. The molecular formula is C24H19BrN2O3. The van der Waals surface area contributed by atoms with Gasteiger partial charge in [0.25, 0.3) is 11.7 Å². The molecule has 1 aliphatic rings. The average Bonchev–Trinajstić information content (AvgIpc) is 3.01. The van der Waals surface area contributed by atoms with Gasteiger partial charge in [-0.1, -0.05) is 45.8 Å². The summed E-state index contributed by atoms with van der Waals surface area (Å²) >= 11 is 3.42. The van der Waals surface area contributed by atoms with Crippen LogP contribution in [0.5, 0.6) is 0 Å². The molecule has 4 rings (SSSR count). The van der Waals surface area contributed by atoms with E-state index in [9.17, 15) is 14.7 Å². The van der Waals surface area contributed by atoms with Gasteiger partial charge in [-0.3, -0.25) is 19.5 Å². The fourth-order valence-electron chi connectivity index (χ4n) is 3.71. The monoisotopic (exact) mass is 462 g/mol. The number of aromatic nitrogens is 1. The summed E-state index contributed by atoms with van der Waals surface area (Å²) in [6, 6.07) is 15.6. The molecule has 2 aromatic carbocycles. The van der Waals surface area contributed by atoms with Crippen LogP contribution in [-0.2, 0) is 9.59 Å². The number of hydrogen-bond donors (Lipinski definition) is 1. The SMILES string of the molecule is Cc1ccc(C)c(/C(O)=C2\C(=O)C(=O)N(c3cccc(Br)c3)C2c2cccnc2)c1. The predicted molar refractivity (Wildman–Crippen MR) is 119 cm³/mol. The van der Waals surface area contributed by atoms with Gasteiger partial charge in [0.15, 0.2) is 0 Å². The summed E-state index contributed by atoms with van der Waals surface area (Å²) in [6.45, 7) is 3.77. The molecule has 1 unspecified atom stereocenters. The molecule has 1 saturated heterocycles. The number of benzene rings is 2. The number of ketones is 1. The third-order valence-electron chi connectivity index (χ3n) is 5.18. The van der Waals surface area contributed by atoms with Crippen molar-refractivity contribution < 1.29 is 14.7 Å². The second-order valence-corrected chi connectivity index (χ2v) is 8.17. The van der Waals surface area contributed by atoms with E-state index in [-0.39, 0.29) is 11.3 Å². The highest BCUT2D eigenvalue weighted by atomic mass is 79.9. The van der Waals surface area contributed by atoms with Gasteiger partial charge in [0, 0.05) is 28.1 Å². The number of pyridine rings is 1. The smallest absolute Gasteiger partial charge is 0.300 e. The number of halogens is 1. The van der Waals surface area contributed by atoms with E-state index in [0.717, 1.165) is 15.6 Å². The van der Waals surface area contributed by atoms with Crippen LogP contribution in [0.15, 0.2) is 77.0 Å². The molecule has 1 aromatic heterocycles. The van der Waals surface area contributed by atoms with Crippen LogP contribution < -0.4 is 4.90 Å². The van der Waals surface area contributed by atoms with Gasteiger partial charge in [0.2, 0.25) is 0 Å². The molecule has 5 nitrogen and oxygen atoms in total. The fraction of sp³-hybridized carbons (Fsp3) is 0.125. The first kappa shape index (κ1) is 20.0. The Morgan fingerprint density at radius 1 is 1.07 bits per heavy atom. The van der Waals surface area contributed by atoms with Crippen molar-refractivity contribution in [1.29, 1.82) is 0 Å². The van der Waals surface area contributed by atoms with Gasteiger partial charge in [0.1, 0.15) is 5.76 Å². The van der Waals surface area contributed by atoms with E-state index in [1.54, 1.807) is 42.7 Å². The predicted octanol–water partition coefficient (Wildman–Crippen LogP) is 5.09. The molecule has 6 heteroatoms. The highest BCUT2D eigenvalue weighted by Gasteiger charge is 2.47. The second-order valence-electron chi connectivity index (χ2n) is 7.25. The lowest BCUT2D eigenvalue weighted by molar-refractivity contribution is -0.132. The van der Waals surface area contributed by atoms with E-state index >= 15 is 0 Å². The van der Waals surface area contributed by atoms with Crippen LogP contribution in [-0.4, -0.2) is 21.8 Å². The summed E-state index contributed by atoms with van der Waals surface area (Å²) in [7, 11) is 0. The first-order valence-electron chi connectivity index (χ1n) is 9.42. The summed E-state index contributed by atoms with van der Waals surface area (Å²) in [4.78, 5) is 31.8. The van der Waals surface area contributed by atoms with E-state index in [1.807, 2.05) is 38.1 Å². The van der Waals surface area contributed by atoms with Crippen molar-refractivity contribution in [2.75, 3.05) is 4.90 Å². The Morgan fingerprint density at radius 2 is 1.87 bits per heavy atom. The maximum absolute atomic E-state index is 13.1. The minimum absolute atomic E-state index is 0.0571. The molecule has 30 heavy (non-hydrogen) atoms. The molecule has 2 heterocycles. The number of aryl methyl sites for hydroxylation is 2. The van der Waals surface area contributed by atoms with Crippen LogP contribution in [0.1, 0.15) is 28.3 Å². The topological polar surface area (TPSA) is 70.5 Å². The first-order chi connectivity index (χ1) is 14.4. The van der Waals surface area contributed by atoms with Crippen LogP contribution in [0.3, 0.4) is 0 Å². The zero-order chi connectivity index (χ0) is 21.4. The van der Waals surface area contributed by atoms with Crippen molar-refractivity contribution in [2.24, 2.45) is 0 Å². The second kappa shape index (κ2) is 7.88. The Hall–Kier alpha value is -3.25. The molecule has 0 saturated carbocycles. The number of carbonyl (C=O) groups is 2. The quantitative estimate of drug-likeness (QED) is 0.334. The van der Waals surface area contributed by atoms with Crippen LogP contribution in [0, 0.1) is 13.8 Å². The lowest BCUT2D eigenvalue weighted by Crippen LogP contribution is -2.29. The number of hydrogen-bond acceptors (Lipinski definition) is 4. The van der Waals surface area contributed by atoms with Crippen molar-refractivity contribution in [3.05, 3.63) is 99.3 Å². The van der Waals surface area contributed by atoms with Crippen molar-refractivity contribution in [2.45, 2.75) is 19.9 Å². The fourth-order valence-corrected chi connectivity index (χ4v) is 4.10. The number of aliphatic hydroxyl groups is 1. The maximum Gasteiger partial charge on any atom is 0.300 e. The Bertz CT molecular complexity index is 1190. The van der Waals surface area contributed by atoms with Gasteiger partial charge in [0.05, 0.1) is 11.6 Å². The first-order valence-corrected chi connectivity index (χ1v) is 10.2. The average molecular weight is 463 g/mol. The van der Waals surface area contributed by atoms with E-state index in [4.69, 9.17) is 0 Å². The molecule has 3 aromatic rings. The molecule has 1 aliphatic heterocycles. The molecule has 1 amide bonds. The standard InChI is InChI=1S/C24H19BrN2O3/c1-14-8-9-15(2)19(11-14)22(28)20-21(16-5-4-10-26-13-16)27(24(30)23(20)29)18-7-3-6-17(25)12-18/h3-13,21,28H,1-2H3/b22-20+. The Kier molecular flexibility index (Phi) is 5.26. The zero-order valence-corrected chi connectivity index (χ0v) is 18.1. The number of aliphatic hydroxyl groups excluding tert-OH is 1. The number of carbonyl (C=O) groups excluding carboxylic acids is 2. The molecule has 0 radical (unpaired) electrons. The normalized spacial score (nSPS) is 18.1. The number of amides is 1. The lowest BCUT2D eigenvalue weighted by atomic mass is 9.94. The summed E-state index contributed by atoms with van der Waals surface area (Å²) in [5, 5.41) is 11.2. The minimum atomic E-state index is -0.784. The van der Waals surface area contributed by atoms with Crippen LogP contribution >= 0.6 is 15.9 Å². The van der Waals surface area contributed by atoms with Crippen molar-refractivity contribution in [1.82, 2.24) is 4.98 Å². The molecule has 0 spiro atoms. The molecular weight excluding hydrogens is 444 g/mol. The Morgan fingerprint density at radius 3 is 2.57 bits per heavy atom. The van der Waals surface area contributed by atoms with Gasteiger partial charge >= 0.3 is 0 Å². The van der Waals surface area contributed by atoms with Crippen molar-refractivity contribution in [3.8, 4) is 0 Å². The third kappa shape index (κ3) is 3.44. The molecule has 1 N–H and O–H groups in total. The van der Waals surface area contributed by atoms with Crippen LogP contribution in [0.2, 0.25) is 0 Å². The van der Waals surface area contributed by atoms with E-state index in [1.165, 1.54) is 4.90 Å². The van der Waals surface area contributed by atoms with Gasteiger partial charge in [-0.05, 0) is 55.3 Å². The molecule has 150 valence electrons. The number of Topliss-reactive ketones (excluding diaryl/α,β-unsaturated/α-hetero) is 1. The summed E-state index contributed by atoms with van der Waals surface area (Å²) in [5.74, 6) is -1.59. The van der Waals surface area contributed by atoms with Gasteiger partial charge in [-0.25, -0.2) is 0 Å². The van der Waals surface area contributed by atoms with E-state index < -0.39 is 17.7 Å². The van der Waals surface area contributed by atoms with Crippen molar-refractivity contribution in [3.63, 3.8) is 0 Å². The highest BCUT2D eigenvalue weighted by molar-refractivity contribution is 9.10. The number of rotatable bonds is 3. The summed E-state index contributed by atoms with van der Waals surface area (Å²) in [6.07, 6.45) is 3.23. The van der Waals surface area contributed by atoms with Crippen LogP contribution in [0.25, 0.3) is 5.76 Å². The van der Waals surface area contributed by atoms with Gasteiger partial charge in [-0.15, -0.1) is 0 Å². The largest absolute Gasteiger partial charge is 0.507 e. The van der Waals surface area contributed by atoms with E-state index in [0.29, 0.717) is 16.8 Å². The van der Waals surface area contributed by atoms with Gasteiger partial charge < -0.3 is 5.11 Å². The highest BCUT2D eigenvalue weighted by Crippen LogP contribution is 2.42. The molecule has 1 fully saturated rings. The van der Waals surface area contributed by atoms with Gasteiger partial charge in [-0.2, -0.15) is 0 Å². The maximum atomic E-state index is 13.1. The summed E-state index contributed by atoms with van der Waals surface area (Å²) in [5.41, 5.74) is 3.56. The van der Waals surface area contributed by atoms with Crippen molar-refractivity contribution >= 4 is 39.1 Å².